The second-order valence-corrected chi connectivity index (χ2v) is 7.57. The molecule has 2 aliphatic rings. The number of aromatic nitrogens is 1. The molecule has 2 fully saturated rings. The molecular formula is C21H26N4O. The normalized spacial score (nSPS) is 19.6. The first-order chi connectivity index (χ1) is 12.8. The van der Waals surface area contributed by atoms with E-state index in [0.717, 1.165) is 75.1 Å². The van der Waals surface area contributed by atoms with Crippen LogP contribution in [-0.2, 0) is 11.3 Å². The average molecular weight is 350 g/mol. The Morgan fingerprint density at radius 3 is 2.62 bits per heavy atom. The summed E-state index contributed by atoms with van der Waals surface area (Å²) in [6.07, 6.45) is 9.50. The number of nitrogens with zero attached hydrogens (tertiary/aromatic N) is 4. The Labute approximate surface area is 154 Å². The number of hydrogen-bond donors (Lipinski definition) is 0. The van der Waals surface area contributed by atoms with Gasteiger partial charge in [-0.1, -0.05) is 6.07 Å². The third-order valence-electron chi connectivity index (χ3n) is 5.87. The second-order valence-electron chi connectivity index (χ2n) is 7.57. The summed E-state index contributed by atoms with van der Waals surface area (Å²) < 4.78 is 2.03. The molecule has 136 valence electrons. The summed E-state index contributed by atoms with van der Waals surface area (Å²) in [4.78, 5) is 17.2. The summed E-state index contributed by atoms with van der Waals surface area (Å²) in [5.74, 6) is 0.560. The zero-order valence-corrected chi connectivity index (χ0v) is 15.2. The van der Waals surface area contributed by atoms with Crippen molar-refractivity contribution in [3.05, 3.63) is 41.7 Å². The molecule has 2 saturated heterocycles. The number of carbonyl (C=O) groups is 1. The molecule has 2 aromatic heterocycles. The van der Waals surface area contributed by atoms with E-state index in [1.807, 2.05) is 28.8 Å². The van der Waals surface area contributed by atoms with Crippen molar-refractivity contribution in [2.24, 2.45) is 5.92 Å². The Bertz CT molecular complexity index is 820. The molecule has 2 aliphatic heterocycles. The Balaban J connectivity index is 1.38. The van der Waals surface area contributed by atoms with Gasteiger partial charge in [0, 0.05) is 43.5 Å². The zero-order valence-electron chi connectivity index (χ0n) is 15.2. The molecule has 5 heteroatoms. The number of amides is 1. The molecule has 26 heavy (non-hydrogen) atoms. The van der Waals surface area contributed by atoms with Crippen LogP contribution in [0.1, 0.15) is 43.2 Å². The van der Waals surface area contributed by atoms with Crippen molar-refractivity contribution in [1.29, 1.82) is 5.26 Å². The SMILES string of the molecule is N#Cc1c(CN2CCC(C(=O)N3CCCCC3)CC2)cn2ccccc12. The highest BCUT2D eigenvalue weighted by Gasteiger charge is 2.29. The maximum absolute atomic E-state index is 12.7. The standard InChI is InChI=1S/C21H26N4O/c22-14-19-18(16-25-11-5-2-6-20(19)25)15-23-12-7-17(8-13-23)21(26)24-9-3-1-4-10-24/h2,5-6,11,16-17H,1,3-4,7-10,12-13,15H2. The Hall–Kier alpha value is -2.32. The fraction of sp³-hybridized carbons (Fsp3) is 0.524. The van der Waals surface area contributed by atoms with Gasteiger partial charge < -0.3 is 9.30 Å². The minimum atomic E-state index is 0.188. The van der Waals surface area contributed by atoms with Crippen LogP contribution in [0.4, 0.5) is 0 Å². The Morgan fingerprint density at radius 1 is 1.12 bits per heavy atom. The van der Waals surface area contributed by atoms with Crippen LogP contribution >= 0.6 is 0 Å². The van der Waals surface area contributed by atoms with Gasteiger partial charge in [-0.15, -0.1) is 0 Å². The van der Waals surface area contributed by atoms with Crippen molar-refractivity contribution < 1.29 is 4.79 Å². The van der Waals surface area contributed by atoms with Crippen molar-refractivity contribution >= 4 is 11.4 Å². The van der Waals surface area contributed by atoms with Crippen LogP contribution < -0.4 is 0 Å². The van der Waals surface area contributed by atoms with Gasteiger partial charge in [0.15, 0.2) is 0 Å². The lowest BCUT2D eigenvalue weighted by atomic mass is 9.94. The molecule has 4 heterocycles. The first-order valence-electron chi connectivity index (χ1n) is 9.76. The smallest absolute Gasteiger partial charge is 0.225 e. The van der Waals surface area contributed by atoms with Crippen molar-refractivity contribution in [3.8, 4) is 6.07 Å². The number of hydrogen-bond acceptors (Lipinski definition) is 3. The van der Waals surface area contributed by atoms with Gasteiger partial charge in [-0.3, -0.25) is 9.69 Å². The van der Waals surface area contributed by atoms with Gasteiger partial charge in [0.1, 0.15) is 6.07 Å². The van der Waals surface area contributed by atoms with Crippen LogP contribution in [0, 0.1) is 17.2 Å². The van der Waals surface area contributed by atoms with E-state index in [-0.39, 0.29) is 5.92 Å². The summed E-state index contributed by atoms with van der Waals surface area (Å²) in [6, 6.07) is 8.31. The molecule has 0 atom stereocenters. The highest BCUT2D eigenvalue weighted by Crippen LogP contribution is 2.25. The fourth-order valence-electron chi connectivity index (χ4n) is 4.38. The van der Waals surface area contributed by atoms with Gasteiger partial charge in [-0.05, 0) is 57.3 Å². The highest BCUT2D eigenvalue weighted by molar-refractivity contribution is 5.79. The van der Waals surface area contributed by atoms with E-state index in [9.17, 15) is 10.1 Å². The molecule has 0 saturated carbocycles. The molecular weight excluding hydrogens is 324 g/mol. The number of nitriles is 1. The van der Waals surface area contributed by atoms with Gasteiger partial charge in [0.05, 0.1) is 11.1 Å². The van der Waals surface area contributed by atoms with Crippen molar-refractivity contribution in [2.75, 3.05) is 26.2 Å². The highest BCUT2D eigenvalue weighted by atomic mass is 16.2. The minimum absolute atomic E-state index is 0.188. The molecule has 2 aromatic rings. The van der Waals surface area contributed by atoms with Crippen molar-refractivity contribution in [1.82, 2.24) is 14.2 Å². The summed E-state index contributed by atoms with van der Waals surface area (Å²) in [5, 5.41) is 9.56. The molecule has 0 N–H and O–H groups in total. The lowest BCUT2D eigenvalue weighted by molar-refractivity contribution is -0.138. The second kappa shape index (κ2) is 7.51. The van der Waals surface area contributed by atoms with Crippen molar-refractivity contribution in [2.45, 2.75) is 38.6 Å². The van der Waals surface area contributed by atoms with Crippen LogP contribution in [0.25, 0.3) is 5.52 Å². The summed E-state index contributed by atoms with van der Waals surface area (Å²) in [5.41, 5.74) is 2.83. The molecule has 1 amide bonds. The van der Waals surface area contributed by atoms with Crippen LogP contribution in [0.5, 0.6) is 0 Å². The van der Waals surface area contributed by atoms with Crippen LogP contribution in [0.2, 0.25) is 0 Å². The predicted molar refractivity (Wildman–Crippen MR) is 101 cm³/mol. The predicted octanol–water partition coefficient (Wildman–Crippen LogP) is 3.04. The molecule has 0 bridgehead atoms. The van der Waals surface area contributed by atoms with E-state index in [1.54, 1.807) is 0 Å². The Kier molecular flexibility index (Phi) is 4.94. The van der Waals surface area contributed by atoms with E-state index < -0.39 is 0 Å². The molecule has 0 aromatic carbocycles. The monoisotopic (exact) mass is 350 g/mol. The maximum atomic E-state index is 12.7. The lowest BCUT2D eigenvalue weighted by Crippen LogP contribution is -2.44. The zero-order chi connectivity index (χ0) is 17.9. The number of fused-ring (bicyclic) bond motifs is 1. The number of piperidine rings is 2. The topological polar surface area (TPSA) is 51.8 Å². The number of pyridine rings is 1. The minimum Gasteiger partial charge on any atom is -0.342 e. The largest absolute Gasteiger partial charge is 0.342 e. The first kappa shape index (κ1) is 17.1. The van der Waals surface area contributed by atoms with Gasteiger partial charge in [-0.25, -0.2) is 0 Å². The van der Waals surface area contributed by atoms with E-state index in [1.165, 1.54) is 6.42 Å². The van der Waals surface area contributed by atoms with Crippen LogP contribution in [-0.4, -0.2) is 46.3 Å². The fourth-order valence-corrected chi connectivity index (χ4v) is 4.38. The van der Waals surface area contributed by atoms with E-state index in [2.05, 4.69) is 22.1 Å². The maximum Gasteiger partial charge on any atom is 0.225 e. The van der Waals surface area contributed by atoms with Crippen molar-refractivity contribution in [3.63, 3.8) is 0 Å². The molecule has 5 nitrogen and oxygen atoms in total. The number of carbonyl (C=O) groups excluding carboxylic acids is 1. The van der Waals surface area contributed by atoms with Crippen LogP contribution in [0.3, 0.4) is 0 Å². The Morgan fingerprint density at radius 2 is 1.88 bits per heavy atom. The molecule has 0 radical (unpaired) electrons. The van der Waals surface area contributed by atoms with Gasteiger partial charge in [-0.2, -0.15) is 5.26 Å². The number of rotatable bonds is 3. The first-order valence-corrected chi connectivity index (χ1v) is 9.76. The van der Waals surface area contributed by atoms with Gasteiger partial charge in [0.25, 0.3) is 0 Å². The van der Waals surface area contributed by atoms with Crippen LogP contribution in [0.15, 0.2) is 30.6 Å². The quantitative estimate of drug-likeness (QED) is 0.855. The number of likely N-dealkylation sites (tertiary alicyclic amines) is 2. The average Bonchev–Trinajstić information content (AvgIpc) is 3.05. The molecule has 0 unspecified atom stereocenters. The van der Waals surface area contributed by atoms with E-state index in [4.69, 9.17) is 0 Å². The van der Waals surface area contributed by atoms with E-state index >= 15 is 0 Å². The third kappa shape index (κ3) is 3.34. The molecule has 0 aliphatic carbocycles. The third-order valence-corrected chi connectivity index (χ3v) is 5.87. The molecule has 0 spiro atoms. The molecule has 4 rings (SSSR count). The van der Waals surface area contributed by atoms with E-state index in [0.29, 0.717) is 5.91 Å². The van der Waals surface area contributed by atoms with Gasteiger partial charge >= 0.3 is 0 Å². The lowest BCUT2D eigenvalue weighted by Gasteiger charge is -2.35. The summed E-state index contributed by atoms with van der Waals surface area (Å²) >= 11 is 0. The summed E-state index contributed by atoms with van der Waals surface area (Å²) in [7, 11) is 0. The summed E-state index contributed by atoms with van der Waals surface area (Å²) in [6.45, 7) is 4.54. The van der Waals surface area contributed by atoms with Gasteiger partial charge in [0.2, 0.25) is 5.91 Å².